The van der Waals surface area contributed by atoms with Crippen molar-refractivity contribution in [3.63, 3.8) is 0 Å². The molecule has 0 saturated carbocycles. The van der Waals surface area contributed by atoms with Gasteiger partial charge >= 0.3 is 12.1 Å². The van der Waals surface area contributed by atoms with E-state index in [1.165, 1.54) is 12.1 Å². The molecule has 110 valence electrons. The van der Waals surface area contributed by atoms with Gasteiger partial charge in [0.1, 0.15) is 5.69 Å². The predicted molar refractivity (Wildman–Crippen MR) is 65.6 cm³/mol. The maximum atomic E-state index is 13.6. The average molecular weight is 292 g/mol. The Bertz CT molecular complexity index is 613. The molecule has 0 aliphatic carbocycles. The van der Waals surface area contributed by atoms with E-state index in [1.807, 2.05) is 0 Å². The molecule has 0 bridgehead atoms. The highest BCUT2D eigenvalue weighted by Crippen LogP contribution is 2.46. The van der Waals surface area contributed by atoms with Gasteiger partial charge in [0.25, 0.3) is 0 Å². The number of H-pyrrole nitrogens is 1. The smallest absolute Gasteiger partial charge is 0.353 e. The fourth-order valence-electron chi connectivity index (χ4n) is 2.09. The molecule has 0 atom stereocenters. The molecule has 1 aromatic carbocycles. The second-order valence-corrected chi connectivity index (χ2v) is 4.83. The van der Waals surface area contributed by atoms with Gasteiger partial charge in [0, 0.05) is 23.0 Å². The molecule has 20 heavy (non-hydrogen) atoms. The van der Waals surface area contributed by atoms with Crippen LogP contribution in [0.3, 0.4) is 0 Å². The first-order valence-corrected chi connectivity index (χ1v) is 5.84. The number of hydrogen-bond donors (Lipinski definition) is 1. The minimum Gasteiger partial charge on any atom is -0.353 e. The Labute approximate surface area is 112 Å². The molecule has 1 heterocycles. The molecule has 2 aromatic rings. The lowest BCUT2D eigenvalue weighted by atomic mass is 10.1. The van der Waals surface area contributed by atoms with Crippen molar-refractivity contribution in [3.8, 4) is 0 Å². The zero-order valence-electron chi connectivity index (χ0n) is 10.9. The number of nitrogens with one attached hydrogen (secondary N) is 1. The SMILES string of the molecule is CN(C)Cc1c(C(F)(F)C(F)(F)F)[nH]c2ccccc12. The molecule has 1 N–H and O–H groups in total. The molecule has 0 saturated heterocycles. The molecule has 0 spiro atoms. The first kappa shape index (κ1) is 14.8. The van der Waals surface area contributed by atoms with Gasteiger partial charge in [-0.15, -0.1) is 0 Å². The lowest BCUT2D eigenvalue weighted by molar-refractivity contribution is -0.291. The van der Waals surface area contributed by atoms with Gasteiger partial charge in [-0.2, -0.15) is 22.0 Å². The third-order valence-corrected chi connectivity index (χ3v) is 2.96. The van der Waals surface area contributed by atoms with Crippen molar-refractivity contribution in [1.29, 1.82) is 0 Å². The summed E-state index contributed by atoms with van der Waals surface area (Å²) in [6.45, 7) is -0.00891. The van der Waals surface area contributed by atoms with Gasteiger partial charge in [-0.05, 0) is 20.2 Å². The van der Waals surface area contributed by atoms with Crippen molar-refractivity contribution >= 4 is 10.9 Å². The van der Waals surface area contributed by atoms with Crippen molar-refractivity contribution in [2.45, 2.75) is 18.6 Å². The Kier molecular flexibility index (Phi) is 3.49. The Morgan fingerprint density at radius 1 is 1.05 bits per heavy atom. The summed E-state index contributed by atoms with van der Waals surface area (Å²) in [5.74, 6) is -4.91. The fourth-order valence-corrected chi connectivity index (χ4v) is 2.09. The van der Waals surface area contributed by atoms with E-state index in [2.05, 4.69) is 4.98 Å². The molecule has 0 aliphatic rings. The van der Waals surface area contributed by atoms with Crippen LogP contribution in [0.5, 0.6) is 0 Å². The molecular weight excluding hydrogens is 279 g/mol. The summed E-state index contributed by atoms with van der Waals surface area (Å²) in [4.78, 5) is 3.77. The molecule has 1 aromatic heterocycles. The number of aromatic amines is 1. The van der Waals surface area contributed by atoms with Crippen LogP contribution < -0.4 is 0 Å². The Morgan fingerprint density at radius 3 is 2.20 bits per heavy atom. The van der Waals surface area contributed by atoms with Crippen LogP contribution >= 0.6 is 0 Å². The molecule has 0 amide bonds. The van der Waals surface area contributed by atoms with E-state index in [9.17, 15) is 22.0 Å². The summed E-state index contributed by atoms with van der Waals surface area (Å²) in [7, 11) is 3.22. The van der Waals surface area contributed by atoms with E-state index in [1.54, 1.807) is 31.1 Å². The number of halogens is 5. The second-order valence-electron chi connectivity index (χ2n) is 4.83. The van der Waals surface area contributed by atoms with Crippen LogP contribution in [-0.2, 0) is 12.5 Å². The molecule has 0 unspecified atom stereocenters. The van der Waals surface area contributed by atoms with E-state index in [0.717, 1.165) is 0 Å². The number of aromatic nitrogens is 1. The van der Waals surface area contributed by atoms with E-state index in [0.29, 0.717) is 5.39 Å². The molecule has 0 radical (unpaired) electrons. The number of hydrogen-bond acceptors (Lipinski definition) is 1. The number of nitrogens with zero attached hydrogens (tertiary/aromatic N) is 1. The van der Waals surface area contributed by atoms with Gasteiger partial charge in [-0.1, -0.05) is 18.2 Å². The molecule has 0 aliphatic heterocycles. The van der Waals surface area contributed by atoms with Gasteiger partial charge in [-0.3, -0.25) is 0 Å². The third-order valence-electron chi connectivity index (χ3n) is 2.96. The Balaban J connectivity index is 2.69. The first-order valence-electron chi connectivity index (χ1n) is 5.84. The van der Waals surface area contributed by atoms with Crippen LogP contribution in [-0.4, -0.2) is 30.2 Å². The van der Waals surface area contributed by atoms with Crippen LogP contribution in [0.25, 0.3) is 10.9 Å². The van der Waals surface area contributed by atoms with Crippen molar-refractivity contribution in [3.05, 3.63) is 35.5 Å². The van der Waals surface area contributed by atoms with E-state index < -0.39 is 17.8 Å². The van der Waals surface area contributed by atoms with Gasteiger partial charge in [0.15, 0.2) is 0 Å². The Hall–Kier alpha value is -1.63. The third kappa shape index (κ3) is 2.37. The van der Waals surface area contributed by atoms with Crippen molar-refractivity contribution in [1.82, 2.24) is 9.88 Å². The summed E-state index contributed by atoms with van der Waals surface area (Å²) in [6, 6.07) is 6.18. The molecule has 2 nitrogen and oxygen atoms in total. The predicted octanol–water partition coefficient (Wildman–Crippen LogP) is 3.88. The first-order chi connectivity index (χ1) is 9.14. The average Bonchev–Trinajstić information content (AvgIpc) is 2.67. The van der Waals surface area contributed by atoms with Gasteiger partial charge in [0.2, 0.25) is 0 Å². The van der Waals surface area contributed by atoms with Crippen LogP contribution in [0.15, 0.2) is 24.3 Å². The lowest BCUT2D eigenvalue weighted by Crippen LogP contribution is -2.35. The van der Waals surface area contributed by atoms with E-state index >= 15 is 0 Å². The zero-order valence-corrected chi connectivity index (χ0v) is 10.9. The summed E-state index contributed by atoms with van der Waals surface area (Å²) in [6.07, 6.45) is -5.63. The largest absolute Gasteiger partial charge is 0.459 e. The van der Waals surface area contributed by atoms with E-state index in [4.69, 9.17) is 0 Å². The minimum atomic E-state index is -5.63. The van der Waals surface area contributed by atoms with Crippen molar-refractivity contribution in [2.24, 2.45) is 0 Å². The quantitative estimate of drug-likeness (QED) is 0.851. The van der Waals surface area contributed by atoms with Crippen LogP contribution in [0.1, 0.15) is 11.3 Å². The summed E-state index contributed by atoms with van der Waals surface area (Å²) < 4.78 is 65.0. The molecule has 0 fully saturated rings. The summed E-state index contributed by atoms with van der Waals surface area (Å²) in [5.41, 5.74) is -0.851. The molecular formula is C13H13F5N2. The van der Waals surface area contributed by atoms with Gasteiger partial charge in [-0.25, -0.2) is 0 Å². The van der Waals surface area contributed by atoms with Gasteiger partial charge < -0.3 is 9.88 Å². The van der Waals surface area contributed by atoms with Crippen molar-refractivity contribution < 1.29 is 22.0 Å². The standard InChI is InChI=1S/C13H13F5N2/c1-20(2)7-9-8-5-3-4-6-10(8)19-11(9)12(14,15)13(16,17)18/h3-6,19H,7H2,1-2H3. The molecule has 7 heteroatoms. The van der Waals surface area contributed by atoms with E-state index in [-0.39, 0.29) is 17.6 Å². The number of para-hydroxylation sites is 1. The fraction of sp³-hybridized carbons (Fsp3) is 0.385. The normalized spacial score (nSPS) is 13.4. The highest BCUT2D eigenvalue weighted by molar-refractivity contribution is 5.85. The lowest BCUT2D eigenvalue weighted by Gasteiger charge is -2.21. The van der Waals surface area contributed by atoms with Crippen LogP contribution in [0.2, 0.25) is 0 Å². The maximum Gasteiger partial charge on any atom is 0.459 e. The highest BCUT2D eigenvalue weighted by Gasteiger charge is 2.60. The highest BCUT2D eigenvalue weighted by atomic mass is 19.4. The summed E-state index contributed by atoms with van der Waals surface area (Å²) >= 11 is 0. The second kappa shape index (κ2) is 4.73. The van der Waals surface area contributed by atoms with Crippen molar-refractivity contribution in [2.75, 3.05) is 14.1 Å². The van der Waals surface area contributed by atoms with Crippen LogP contribution in [0.4, 0.5) is 22.0 Å². The number of rotatable bonds is 3. The monoisotopic (exact) mass is 292 g/mol. The minimum absolute atomic E-state index is 0.00891. The topological polar surface area (TPSA) is 19.0 Å². The zero-order chi connectivity index (χ0) is 15.1. The number of alkyl halides is 5. The van der Waals surface area contributed by atoms with Crippen LogP contribution in [0, 0.1) is 0 Å². The molecule has 2 rings (SSSR count). The Morgan fingerprint density at radius 2 is 1.65 bits per heavy atom. The maximum absolute atomic E-state index is 13.6. The summed E-state index contributed by atoms with van der Waals surface area (Å²) in [5, 5.41) is 0.375. The van der Waals surface area contributed by atoms with Gasteiger partial charge in [0.05, 0.1) is 0 Å². The number of fused-ring (bicyclic) bond motifs is 1. The number of benzene rings is 1.